The summed E-state index contributed by atoms with van der Waals surface area (Å²) in [6.07, 6.45) is 1.94. The van der Waals surface area contributed by atoms with Gasteiger partial charge in [-0.3, -0.25) is 4.79 Å². The highest BCUT2D eigenvalue weighted by Gasteiger charge is 2.29. The number of hydrogen-bond donors (Lipinski definition) is 1. The van der Waals surface area contributed by atoms with E-state index in [1.54, 1.807) is 0 Å². The number of hydrogen-bond acceptors (Lipinski definition) is 2. The Balaban J connectivity index is 2.13. The minimum atomic E-state index is -0.0607. The fraction of sp³-hybridized carbons (Fsp3) is 0.500. The van der Waals surface area contributed by atoms with Gasteiger partial charge in [0.05, 0.1) is 6.04 Å². The molecule has 0 aliphatic carbocycles. The maximum absolute atomic E-state index is 12.4. The van der Waals surface area contributed by atoms with E-state index in [2.05, 4.69) is 19.2 Å². The third-order valence-electron chi connectivity index (χ3n) is 3.11. The van der Waals surface area contributed by atoms with Gasteiger partial charge >= 0.3 is 0 Å². The summed E-state index contributed by atoms with van der Waals surface area (Å²) >= 11 is 5.87. The smallest absolute Gasteiger partial charge is 0.244 e. The van der Waals surface area contributed by atoms with E-state index in [9.17, 15) is 4.79 Å². The van der Waals surface area contributed by atoms with E-state index in [-0.39, 0.29) is 11.9 Å². The maximum Gasteiger partial charge on any atom is 0.244 e. The molecule has 4 heteroatoms. The highest BCUT2D eigenvalue weighted by atomic mass is 35.5. The van der Waals surface area contributed by atoms with Gasteiger partial charge in [0.25, 0.3) is 0 Å². The molecule has 1 saturated heterocycles. The van der Waals surface area contributed by atoms with Crippen LogP contribution in [-0.4, -0.2) is 24.5 Å². The number of amides is 1. The standard InChI is InChI=1S/C14H19ClN2O/c1-10(2)16-13-4-3-9-17(14(13)18)12-7-5-11(15)6-8-12/h5-8,10,13,16H,3-4,9H2,1-2H3. The number of piperidine rings is 1. The van der Waals surface area contributed by atoms with Crippen molar-refractivity contribution in [1.82, 2.24) is 5.32 Å². The fourth-order valence-electron chi connectivity index (χ4n) is 2.31. The topological polar surface area (TPSA) is 32.3 Å². The van der Waals surface area contributed by atoms with Gasteiger partial charge in [-0.25, -0.2) is 0 Å². The van der Waals surface area contributed by atoms with Crippen molar-refractivity contribution in [3.05, 3.63) is 29.3 Å². The van der Waals surface area contributed by atoms with Gasteiger partial charge in [0.2, 0.25) is 5.91 Å². The van der Waals surface area contributed by atoms with Gasteiger partial charge < -0.3 is 10.2 Å². The van der Waals surface area contributed by atoms with Crippen LogP contribution in [-0.2, 0) is 4.79 Å². The number of rotatable bonds is 3. The van der Waals surface area contributed by atoms with Crippen LogP contribution in [0.5, 0.6) is 0 Å². The molecular formula is C14H19ClN2O. The second kappa shape index (κ2) is 5.72. The third kappa shape index (κ3) is 3.03. The fourth-order valence-corrected chi connectivity index (χ4v) is 2.44. The Bertz CT molecular complexity index is 416. The molecule has 1 unspecified atom stereocenters. The van der Waals surface area contributed by atoms with Crippen molar-refractivity contribution in [3.63, 3.8) is 0 Å². The van der Waals surface area contributed by atoms with E-state index in [0.717, 1.165) is 25.1 Å². The number of nitrogens with one attached hydrogen (secondary N) is 1. The first kappa shape index (κ1) is 13.4. The average molecular weight is 267 g/mol. The van der Waals surface area contributed by atoms with Gasteiger partial charge in [0.15, 0.2) is 0 Å². The minimum Gasteiger partial charge on any atom is -0.311 e. The Hall–Kier alpha value is -1.06. The molecule has 2 rings (SSSR count). The van der Waals surface area contributed by atoms with Crippen LogP contribution in [0.3, 0.4) is 0 Å². The Morgan fingerprint density at radius 2 is 2.00 bits per heavy atom. The first-order chi connectivity index (χ1) is 8.58. The molecule has 1 fully saturated rings. The number of nitrogens with zero attached hydrogens (tertiary/aromatic N) is 1. The van der Waals surface area contributed by atoms with Crippen LogP contribution in [0.1, 0.15) is 26.7 Å². The predicted molar refractivity (Wildman–Crippen MR) is 75.1 cm³/mol. The molecule has 0 bridgehead atoms. The minimum absolute atomic E-state index is 0.0607. The summed E-state index contributed by atoms with van der Waals surface area (Å²) in [6, 6.07) is 7.71. The zero-order valence-electron chi connectivity index (χ0n) is 10.8. The molecule has 1 amide bonds. The molecule has 1 N–H and O–H groups in total. The SMILES string of the molecule is CC(C)NC1CCCN(c2ccc(Cl)cc2)C1=O. The Morgan fingerprint density at radius 1 is 1.33 bits per heavy atom. The summed E-state index contributed by atoms with van der Waals surface area (Å²) < 4.78 is 0. The van der Waals surface area contributed by atoms with Crippen molar-refractivity contribution in [3.8, 4) is 0 Å². The zero-order valence-corrected chi connectivity index (χ0v) is 11.6. The lowest BCUT2D eigenvalue weighted by molar-refractivity contribution is -0.121. The molecule has 18 heavy (non-hydrogen) atoms. The van der Waals surface area contributed by atoms with Crippen LogP contribution >= 0.6 is 11.6 Å². The molecule has 3 nitrogen and oxygen atoms in total. The predicted octanol–water partition coefficient (Wildman–Crippen LogP) is 2.83. The molecule has 1 aromatic carbocycles. The molecule has 0 saturated carbocycles. The van der Waals surface area contributed by atoms with Crippen molar-refractivity contribution in [2.75, 3.05) is 11.4 Å². The second-order valence-electron chi connectivity index (χ2n) is 4.98. The quantitative estimate of drug-likeness (QED) is 0.912. The number of carbonyl (C=O) groups excluding carboxylic acids is 1. The Morgan fingerprint density at radius 3 is 2.61 bits per heavy atom. The lowest BCUT2D eigenvalue weighted by Crippen LogP contribution is -2.52. The van der Waals surface area contributed by atoms with Gasteiger partial charge in [-0.2, -0.15) is 0 Å². The lowest BCUT2D eigenvalue weighted by Gasteiger charge is -2.33. The van der Waals surface area contributed by atoms with Crippen LogP contribution in [0.4, 0.5) is 5.69 Å². The monoisotopic (exact) mass is 266 g/mol. The van der Waals surface area contributed by atoms with Crippen molar-refractivity contribution in [1.29, 1.82) is 0 Å². The number of benzene rings is 1. The summed E-state index contributed by atoms with van der Waals surface area (Å²) in [6.45, 7) is 4.92. The second-order valence-corrected chi connectivity index (χ2v) is 5.42. The van der Waals surface area contributed by atoms with Gasteiger partial charge in [0.1, 0.15) is 0 Å². The first-order valence-electron chi connectivity index (χ1n) is 6.41. The number of halogens is 1. The van der Waals surface area contributed by atoms with Crippen LogP contribution in [0.15, 0.2) is 24.3 Å². The van der Waals surface area contributed by atoms with Crippen molar-refractivity contribution in [2.45, 2.75) is 38.8 Å². The zero-order chi connectivity index (χ0) is 13.1. The molecule has 1 atom stereocenters. The Labute approximate surface area is 113 Å². The van der Waals surface area contributed by atoms with Crippen molar-refractivity contribution in [2.24, 2.45) is 0 Å². The molecule has 98 valence electrons. The maximum atomic E-state index is 12.4. The molecule has 1 heterocycles. The third-order valence-corrected chi connectivity index (χ3v) is 3.36. The summed E-state index contributed by atoms with van der Waals surface area (Å²) in [4.78, 5) is 14.2. The molecule has 1 aliphatic heterocycles. The first-order valence-corrected chi connectivity index (χ1v) is 6.78. The van der Waals surface area contributed by atoms with Gasteiger partial charge in [-0.1, -0.05) is 25.4 Å². The largest absolute Gasteiger partial charge is 0.311 e. The van der Waals surface area contributed by atoms with E-state index in [1.807, 2.05) is 29.2 Å². The summed E-state index contributed by atoms with van der Waals surface area (Å²) in [5.41, 5.74) is 0.930. The Kier molecular flexibility index (Phi) is 4.25. The van der Waals surface area contributed by atoms with Gasteiger partial charge in [-0.15, -0.1) is 0 Å². The van der Waals surface area contributed by atoms with Crippen molar-refractivity contribution < 1.29 is 4.79 Å². The highest BCUT2D eigenvalue weighted by Crippen LogP contribution is 2.23. The summed E-state index contributed by atoms with van der Waals surface area (Å²) in [5, 5.41) is 4.02. The average Bonchev–Trinajstić information content (AvgIpc) is 2.33. The summed E-state index contributed by atoms with van der Waals surface area (Å²) in [5.74, 6) is 0.164. The van der Waals surface area contributed by atoms with E-state index in [0.29, 0.717) is 11.1 Å². The van der Waals surface area contributed by atoms with Crippen LogP contribution < -0.4 is 10.2 Å². The molecule has 1 aromatic rings. The molecule has 0 radical (unpaired) electrons. The highest BCUT2D eigenvalue weighted by molar-refractivity contribution is 6.30. The molecule has 1 aliphatic rings. The molecule has 0 spiro atoms. The molecular weight excluding hydrogens is 248 g/mol. The van der Waals surface area contributed by atoms with Crippen molar-refractivity contribution >= 4 is 23.2 Å². The van der Waals surface area contributed by atoms with Gasteiger partial charge in [-0.05, 0) is 37.1 Å². The molecule has 0 aromatic heterocycles. The summed E-state index contributed by atoms with van der Waals surface area (Å²) in [7, 11) is 0. The van der Waals surface area contributed by atoms with E-state index in [4.69, 9.17) is 11.6 Å². The number of carbonyl (C=O) groups is 1. The lowest BCUT2D eigenvalue weighted by atomic mass is 10.0. The van der Waals surface area contributed by atoms with Crippen LogP contribution in [0.25, 0.3) is 0 Å². The van der Waals surface area contributed by atoms with Crippen LogP contribution in [0, 0.1) is 0 Å². The number of anilines is 1. The van der Waals surface area contributed by atoms with Gasteiger partial charge in [0, 0.05) is 23.3 Å². The van der Waals surface area contributed by atoms with E-state index >= 15 is 0 Å². The van der Waals surface area contributed by atoms with E-state index in [1.165, 1.54) is 0 Å². The normalized spacial score (nSPS) is 20.6. The van der Waals surface area contributed by atoms with Crippen LogP contribution in [0.2, 0.25) is 5.02 Å². The van der Waals surface area contributed by atoms with E-state index < -0.39 is 0 Å².